The number of carbonyl (C=O) groups is 1. The van der Waals surface area contributed by atoms with Crippen LogP contribution >= 0.6 is 0 Å². The second-order valence-corrected chi connectivity index (χ2v) is 8.05. The summed E-state index contributed by atoms with van der Waals surface area (Å²) >= 11 is 0. The van der Waals surface area contributed by atoms with E-state index < -0.39 is 0 Å². The van der Waals surface area contributed by atoms with Crippen molar-refractivity contribution >= 4 is 11.4 Å². The van der Waals surface area contributed by atoms with Crippen molar-refractivity contribution in [1.82, 2.24) is 29.5 Å². The molecule has 5 rings (SSSR count). The first-order chi connectivity index (χ1) is 16.6. The first-order valence-electron chi connectivity index (χ1n) is 11.0. The van der Waals surface area contributed by atoms with Gasteiger partial charge in [-0.25, -0.2) is 13.9 Å². The van der Waals surface area contributed by atoms with E-state index in [2.05, 4.69) is 15.0 Å². The molecule has 5 aromatic rings. The highest BCUT2D eigenvalue weighted by atomic mass is 19.1. The molecule has 0 atom stereocenters. The lowest BCUT2D eigenvalue weighted by atomic mass is 10.0. The SMILES string of the molecule is CC(=O)N(CCc1cnc[nH]1)Cc1cccc2c(-c3ccncc3)c(-c3ccc(F)cc3)nn12. The minimum atomic E-state index is -0.298. The van der Waals surface area contributed by atoms with Crippen molar-refractivity contribution in [2.75, 3.05) is 6.54 Å². The van der Waals surface area contributed by atoms with Crippen molar-refractivity contribution in [3.05, 3.63) is 96.7 Å². The highest BCUT2D eigenvalue weighted by Gasteiger charge is 2.19. The summed E-state index contributed by atoms with van der Waals surface area (Å²) in [5, 5.41) is 4.93. The average molecular weight is 455 g/mol. The summed E-state index contributed by atoms with van der Waals surface area (Å²) in [5.74, 6) is -0.315. The van der Waals surface area contributed by atoms with Gasteiger partial charge >= 0.3 is 0 Å². The zero-order valence-electron chi connectivity index (χ0n) is 18.6. The maximum atomic E-state index is 13.6. The maximum absolute atomic E-state index is 13.6. The Morgan fingerprint density at radius 3 is 2.53 bits per heavy atom. The molecule has 4 heterocycles. The highest BCUT2D eigenvalue weighted by Crippen LogP contribution is 2.35. The third-order valence-corrected chi connectivity index (χ3v) is 5.83. The second kappa shape index (κ2) is 9.27. The first-order valence-corrected chi connectivity index (χ1v) is 11.0. The van der Waals surface area contributed by atoms with Crippen LogP contribution in [0.1, 0.15) is 18.3 Å². The van der Waals surface area contributed by atoms with E-state index in [4.69, 9.17) is 5.10 Å². The molecule has 1 amide bonds. The van der Waals surface area contributed by atoms with E-state index in [1.165, 1.54) is 12.1 Å². The molecule has 1 N–H and O–H groups in total. The zero-order valence-corrected chi connectivity index (χ0v) is 18.6. The molecule has 0 radical (unpaired) electrons. The zero-order chi connectivity index (χ0) is 23.5. The second-order valence-electron chi connectivity index (χ2n) is 8.05. The van der Waals surface area contributed by atoms with Crippen molar-refractivity contribution in [2.45, 2.75) is 19.9 Å². The number of H-pyrrole nitrogens is 1. The van der Waals surface area contributed by atoms with Crippen molar-refractivity contribution in [2.24, 2.45) is 0 Å². The number of fused-ring (bicyclic) bond motifs is 1. The molecule has 0 saturated carbocycles. The molecule has 34 heavy (non-hydrogen) atoms. The molecule has 8 heteroatoms. The van der Waals surface area contributed by atoms with Gasteiger partial charge in [-0.2, -0.15) is 5.10 Å². The summed E-state index contributed by atoms with van der Waals surface area (Å²) in [6.07, 6.45) is 7.56. The quantitative estimate of drug-likeness (QED) is 0.392. The van der Waals surface area contributed by atoms with E-state index in [0.717, 1.165) is 39.3 Å². The predicted molar refractivity (Wildman–Crippen MR) is 127 cm³/mol. The topological polar surface area (TPSA) is 79.2 Å². The van der Waals surface area contributed by atoms with Crippen LogP contribution in [0.15, 0.2) is 79.5 Å². The molecular formula is C26H23FN6O. The van der Waals surface area contributed by atoms with Crippen LogP contribution in [-0.2, 0) is 17.8 Å². The third-order valence-electron chi connectivity index (χ3n) is 5.83. The van der Waals surface area contributed by atoms with Crippen molar-refractivity contribution in [1.29, 1.82) is 0 Å². The number of carbonyl (C=O) groups excluding carboxylic acids is 1. The summed E-state index contributed by atoms with van der Waals surface area (Å²) < 4.78 is 15.5. The van der Waals surface area contributed by atoms with Gasteiger partial charge in [0.2, 0.25) is 5.91 Å². The first kappa shape index (κ1) is 21.5. The molecule has 1 aromatic carbocycles. The van der Waals surface area contributed by atoms with Crippen LogP contribution in [0.2, 0.25) is 0 Å². The summed E-state index contributed by atoms with van der Waals surface area (Å²) in [7, 11) is 0. The van der Waals surface area contributed by atoms with Gasteiger partial charge in [-0.1, -0.05) is 6.07 Å². The van der Waals surface area contributed by atoms with Crippen molar-refractivity contribution in [3.63, 3.8) is 0 Å². The summed E-state index contributed by atoms with van der Waals surface area (Å²) in [5.41, 5.74) is 6.20. The van der Waals surface area contributed by atoms with Crippen LogP contribution in [0.5, 0.6) is 0 Å². The van der Waals surface area contributed by atoms with Gasteiger partial charge in [0.25, 0.3) is 0 Å². The Bertz CT molecular complexity index is 1410. The molecule has 7 nitrogen and oxygen atoms in total. The smallest absolute Gasteiger partial charge is 0.219 e. The molecule has 170 valence electrons. The number of rotatable bonds is 7. The minimum absolute atomic E-state index is 0.0169. The van der Waals surface area contributed by atoms with Crippen molar-refractivity contribution in [3.8, 4) is 22.4 Å². The number of nitrogens with zero attached hydrogens (tertiary/aromatic N) is 5. The summed E-state index contributed by atoms with van der Waals surface area (Å²) in [6.45, 7) is 2.53. The molecule has 0 saturated heterocycles. The van der Waals surface area contributed by atoms with Gasteiger partial charge in [-0.05, 0) is 54.1 Å². The number of imidazole rings is 1. The Hall–Kier alpha value is -4.33. The van der Waals surface area contributed by atoms with Gasteiger partial charge in [0, 0.05) is 55.3 Å². The number of hydrogen-bond donors (Lipinski definition) is 1. The number of hydrogen-bond acceptors (Lipinski definition) is 4. The molecule has 0 aliphatic rings. The number of nitrogens with one attached hydrogen (secondary N) is 1. The van der Waals surface area contributed by atoms with Gasteiger partial charge in [-0.3, -0.25) is 9.78 Å². The highest BCUT2D eigenvalue weighted by molar-refractivity contribution is 5.92. The van der Waals surface area contributed by atoms with Gasteiger partial charge < -0.3 is 9.88 Å². The lowest BCUT2D eigenvalue weighted by Crippen LogP contribution is -2.31. The van der Waals surface area contributed by atoms with E-state index >= 15 is 0 Å². The van der Waals surface area contributed by atoms with Crippen LogP contribution in [-0.4, -0.2) is 41.9 Å². The standard InChI is InChI=1S/C26H23FN6O/c1-18(34)32(14-11-22-15-29-17-30-22)16-23-3-2-4-24-25(19-9-12-28-13-10-19)26(31-33(23)24)20-5-7-21(27)8-6-20/h2-10,12-13,15,17H,11,14,16H2,1H3,(H,29,30). The Morgan fingerprint density at radius 1 is 1.03 bits per heavy atom. The van der Waals surface area contributed by atoms with Crippen LogP contribution < -0.4 is 0 Å². The molecule has 0 unspecified atom stereocenters. The van der Waals surface area contributed by atoms with E-state index in [0.29, 0.717) is 19.5 Å². The Labute approximate surface area is 195 Å². The Morgan fingerprint density at radius 2 is 1.82 bits per heavy atom. The van der Waals surface area contributed by atoms with E-state index in [1.54, 1.807) is 48.9 Å². The molecular weight excluding hydrogens is 431 g/mol. The maximum Gasteiger partial charge on any atom is 0.219 e. The molecule has 4 aromatic heterocycles. The van der Waals surface area contributed by atoms with Crippen molar-refractivity contribution < 1.29 is 9.18 Å². The number of aromatic nitrogens is 5. The van der Waals surface area contributed by atoms with E-state index in [9.17, 15) is 9.18 Å². The number of pyridine rings is 2. The number of amides is 1. The van der Waals surface area contributed by atoms with Gasteiger partial charge in [-0.15, -0.1) is 0 Å². The minimum Gasteiger partial charge on any atom is -0.348 e. The normalized spacial score (nSPS) is 11.1. The monoisotopic (exact) mass is 454 g/mol. The molecule has 0 fully saturated rings. The van der Waals surface area contributed by atoms with E-state index in [-0.39, 0.29) is 11.7 Å². The Kier molecular flexibility index (Phi) is 5.86. The fourth-order valence-corrected chi connectivity index (χ4v) is 4.08. The lowest BCUT2D eigenvalue weighted by molar-refractivity contribution is -0.129. The molecule has 0 bridgehead atoms. The van der Waals surface area contributed by atoms with Gasteiger partial charge in [0.15, 0.2) is 0 Å². The number of halogens is 1. The van der Waals surface area contributed by atoms with Gasteiger partial charge in [0.05, 0.1) is 24.1 Å². The number of aromatic amines is 1. The van der Waals surface area contributed by atoms with Crippen LogP contribution in [0.3, 0.4) is 0 Å². The fourth-order valence-electron chi connectivity index (χ4n) is 4.08. The largest absolute Gasteiger partial charge is 0.348 e. The summed E-state index contributed by atoms with van der Waals surface area (Å²) in [4.78, 5) is 25.5. The number of benzene rings is 1. The molecule has 0 aliphatic carbocycles. The summed E-state index contributed by atoms with van der Waals surface area (Å²) in [6, 6.07) is 16.1. The van der Waals surface area contributed by atoms with Gasteiger partial charge in [0.1, 0.15) is 11.5 Å². The predicted octanol–water partition coefficient (Wildman–Crippen LogP) is 4.52. The molecule has 0 spiro atoms. The van der Waals surface area contributed by atoms with Crippen LogP contribution in [0, 0.1) is 5.82 Å². The average Bonchev–Trinajstić information content (AvgIpc) is 3.51. The van der Waals surface area contributed by atoms with E-state index in [1.807, 2.05) is 34.8 Å². The Balaban J connectivity index is 1.58. The third kappa shape index (κ3) is 4.30. The molecule has 0 aliphatic heterocycles. The lowest BCUT2D eigenvalue weighted by Gasteiger charge is -2.21. The van der Waals surface area contributed by atoms with Crippen LogP contribution in [0.4, 0.5) is 4.39 Å². The van der Waals surface area contributed by atoms with Crippen LogP contribution in [0.25, 0.3) is 27.9 Å². The fraction of sp³-hybridized carbons (Fsp3) is 0.154.